The number of carbonyl (C=O) groups excluding carboxylic acids is 1. The number of rotatable bonds is 4. The maximum Gasteiger partial charge on any atom is 0.225 e. The molecule has 1 amide bonds. The van der Waals surface area contributed by atoms with E-state index in [1.165, 1.54) is 11.3 Å². The summed E-state index contributed by atoms with van der Waals surface area (Å²) in [7, 11) is 0. The highest BCUT2D eigenvalue weighted by Gasteiger charge is 2.15. The SMILES string of the molecule is CCCN(C(C)=O)c1nc(-c2cccc(Br)c2)cs1. The predicted molar refractivity (Wildman–Crippen MR) is 83.6 cm³/mol. The van der Waals surface area contributed by atoms with Crippen LogP contribution in [0.15, 0.2) is 34.1 Å². The molecule has 0 saturated heterocycles. The fraction of sp³-hybridized carbons (Fsp3) is 0.286. The summed E-state index contributed by atoms with van der Waals surface area (Å²) >= 11 is 4.96. The number of nitrogens with zero attached hydrogens (tertiary/aromatic N) is 2. The molecule has 2 rings (SSSR count). The normalized spacial score (nSPS) is 10.5. The lowest BCUT2D eigenvalue weighted by atomic mass is 10.2. The van der Waals surface area contributed by atoms with Gasteiger partial charge in [-0.3, -0.25) is 9.69 Å². The van der Waals surface area contributed by atoms with E-state index in [1.807, 2.05) is 29.6 Å². The molecular formula is C14H15BrN2OS. The average Bonchev–Trinajstić information content (AvgIpc) is 2.84. The van der Waals surface area contributed by atoms with Crippen molar-refractivity contribution in [3.8, 4) is 11.3 Å². The van der Waals surface area contributed by atoms with Crippen molar-refractivity contribution in [3.63, 3.8) is 0 Å². The highest BCUT2D eigenvalue weighted by molar-refractivity contribution is 9.10. The molecule has 0 aliphatic heterocycles. The predicted octanol–water partition coefficient (Wildman–Crippen LogP) is 4.34. The van der Waals surface area contributed by atoms with Gasteiger partial charge in [-0.05, 0) is 18.6 Å². The smallest absolute Gasteiger partial charge is 0.225 e. The number of amides is 1. The lowest BCUT2D eigenvalue weighted by Crippen LogP contribution is -2.28. The minimum Gasteiger partial charge on any atom is -0.288 e. The first-order valence-electron chi connectivity index (χ1n) is 6.11. The minimum absolute atomic E-state index is 0.0389. The van der Waals surface area contributed by atoms with Crippen molar-refractivity contribution in [2.24, 2.45) is 0 Å². The quantitative estimate of drug-likeness (QED) is 0.830. The summed E-state index contributed by atoms with van der Waals surface area (Å²) < 4.78 is 1.02. The van der Waals surface area contributed by atoms with Gasteiger partial charge in [-0.25, -0.2) is 4.98 Å². The number of aromatic nitrogens is 1. The molecule has 0 saturated carbocycles. The Labute approximate surface area is 125 Å². The van der Waals surface area contributed by atoms with Gasteiger partial charge in [0.1, 0.15) is 0 Å². The number of halogens is 1. The van der Waals surface area contributed by atoms with Crippen LogP contribution in [0, 0.1) is 0 Å². The Balaban J connectivity index is 2.30. The molecule has 1 aromatic heterocycles. The number of hydrogen-bond donors (Lipinski definition) is 0. The summed E-state index contributed by atoms with van der Waals surface area (Å²) in [5, 5.41) is 2.76. The van der Waals surface area contributed by atoms with Gasteiger partial charge >= 0.3 is 0 Å². The van der Waals surface area contributed by atoms with Crippen LogP contribution in [0.3, 0.4) is 0 Å². The molecule has 0 bridgehead atoms. The third-order valence-corrected chi connectivity index (χ3v) is 4.03. The van der Waals surface area contributed by atoms with Gasteiger partial charge in [0.2, 0.25) is 5.91 Å². The molecule has 0 aliphatic carbocycles. The zero-order valence-electron chi connectivity index (χ0n) is 10.9. The van der Waals surface area contributed by atoms with E-state index in [9.17, 15) is 4.79 Å². The maximum atomic E-state index is 11.6. The van der Waals surface area contributed by atoms with Crippen LogP contribution >= 0.6 is 27.3 Å². The average molecular weight is 339 g/mol. The van der Waals surface area contributed by atoms with Crippen molar-refractivity contribution in [1.29, 1.82) is 0 Å². The summed E-state index contributed by atoms with van der Waals surface area (Å²) in [5.41, 5.74) is 1.96. The Morgan fingerprint density at radius 1 is 1.47 bits per heavy atom. The molecule has 0 unspecified atom stereocenters. The van der Waals surface area contributed by atoms with Gasteiger partial charge in [0.25, 0.3) is 0 Å². The van der Waals surface area contributed by atoms with E-state index in [2.05, 4.69) is 27.8 Å². The van der Waals surface area contributed by atoms with Crippen molar-refractivity contribution < 1.29 is 4.79 Å². The summed E-state index contributed by atoms with van der Waals surface area (Å²) in [6, 6.07) is 8.00. The maximum absolute atomic E-state index is 11.6. The Morgan fingerprint density at radius 3 is 2.89 bits per heavy atom. The minimum atomic E-state index is 0.0389. The number of thiazole rings is 1. The largest absolute Gasteiger partial charge is 0.288 e. The van der Waals surface area contributed by atoms with E-state index < -0.39 is 0 Å². The fourth-order valence-corrected chi connectivity index (χ4v) is 3.08. The van der Waals surface area contributed by atoms with E-state index in [1.54, 1.807) is 11.8 Å². The number of benzene rings is 1. The van der Waals surface area contributed by atoms with Gasteiger partial charge in [-0.2, -0.15) is 0 Å². The number of carbonyl (C=O) groups is 1. The fourth-order valence-electron chi connectivity index (χ4n) is 1.78. The van der Waals surface area contributed by atoms with Crippen LogP contribution < -0.4 is 4.90 Å². The second-order valence-electron chi connectivity index (χ2n) is 4.20. The number of anilines is 1. The molecular weight excluding hydrogens is 324 g/mol. The molecule has 3 nitrogen and oxygen atoms in total. The first-order valence-corrected chi connectivity index (χ1v) is 7.78. The third-order valence-electron chi connectivity index (χ3n) is 2.67. The van der Waals surface area contributed by atoms with Gasteiger partial charge in [0.05, 0.1) is 5.69 Å². The zero-order chi connectivity index (χ0) is 13.8. The lowest BCUT2D eigenvalue weighted by Gasteiger charge is -2.16. The Kier molecular flexibility index (Phi) is 4.71. The van der Waals surface area contributed by atoms with Crippen LogP contribution in [-0.4, -0.2) is 17.4 Å². The summed E-state index contributed by atoms with van der Waals surface area (Å²) in [6.07, 6.45) is 0.922. The standard InChI is InChI=1S/C14H15BrN2OS/c1-3-7-17(10(2)18)14-16-13(9-19-14)11-5-4-6-12(15)8-11/h4-6,8-9H,3,7H2,1-2H3. The topological polar surface area (TPSA) is 33.2 Å². The molecule has 2 aromatic rings. The third kappa shape index (κ3) is 3.42. The van der Waals surface area contributed by atoms with Crippen molar-refractivity contribution in [2.45, 2.75) is 20.3 Å². The summed E-state index contributed by atoms with van der Waals surface area (Å²) in [6.45, 7) is 4.34. The second-order valence-corrected chi connectivity index (χ2v) is 5.95. The zero-order valence-corrected chi connectivity index (χ0v) is 13.3. The Morgan fingerprint density at radius 2 is 2.26 bits per heavy atom. The molecule has 0 fully saturated rings. The molecule has 1 aromatic carbocycles. The molecule has 100 valence electrons. The van der Waals surface area contributed by atoms with E-state index in [0.29, 0.717) is 6.54 Å². The summed E-state index contributed by atoms with van der Waals surface area (Å²) in [5.74, 6) is 0.0389. The van der Waals surface area contributed by atoms with Crippen molar-refractivity contribution in [3.05, 3.63) is 34.1 Å². The highest BCUT2D eigenvalue weighted by Crippen LogP contribution is 2.29. The van der Waals surface area contributed by atoms with Crippen LogP contribution in [0.5, 0.6) is 0 Å². The highest BCUT2D eigenvalue weighted by atomic mass is 79.9. The first-order chi connectivity index (χ1) is 9.11. The van der Waals surface area contributed by atoms with Crippen LogP contribution in [0.2, 0.25) is 0 Å². The van der Waals surface area contributed by atoms with E-state index in [-0.39, 0.29) is 5.91 Å². The van der Waals surface area contributed by atoms with Crippen molar-refractivity contribution in [2.75, 3.05) is 11.4 Å². The van der Waals surface area contributed by atoms with Crippen molar-refractivity contribution in [1.82, 2.24) is 4.98 Å². The molecule has 0 aliphatic rings. The van der Waals surface area contributed by atoms with E-state index in [0.717, 1.165) is 27.3 Å². The molecule has 0 radical (unpaired) electrons. The molecule has 0 N–H and O–H groups in total. The molecule has 0 spiro atoms. The van der Waals surface area contributed by atoms with Gasteiger partial charge in [-0.15, -0.1) is 11.3 Å². The van der Waals surface area contributed by atoms with Gasteiger partial charge in [-0.1, -0.05) is 35.0 Å². The number of hydrogen-bond acceptors (Lipinski definition) is 3. The van der Waals surface area contributed by atoms with Gasteiger partial charge < -0.3 is 0 Å². The van der Waals surface area contributed by atoms with Crippen LogP contribution in [0.4, 0.5) is 5.13 Å². The summed E-state index contributed by atoms with van der Waals surface area (Å²) in [4.78, 5) is 17.9. The monoisotopic (exact) mass is 338 g/mol. The Hall–Kier alpha value is -1.20. The lowest BCUT2D eigenvalue weighted by molar-refractivity contribution is -0.116. The molecule has 0 atom stereocenters. The first kappa shape index (κ1) is 14.2. The second kappa shape index (κ2) is 6.30. The van der Waals surface area contributed by atoms with Gasteiger partial charge in [0, 0.05) is 28.9 Å². The molecule has 1 heterocycles. The Bertz CT molecular complexity index is 582. The van der Waals surface area contributed by atoms with Gasteiger partial charge in [0.15, 0.2) is 5.13 Å². The van der Waals surface area contributed by atoms with Crippen LogP contribution in [0.1, 0.15) is 20.3 Å². The van der Waals surface area contributed by atoms with E-state index >= 15 is 0 Å². The van der Waals surface area contributed by atoms with Crippen molar-refractivity contribution >= 4 is 38.3 Å². The molecule has 5 heteroatoms. The molecule has 19 heavy (non-hydrogen) atoms. The van der Waals surface area contributed by atoms with E-state index in [4.69, 9.17) is 0 Å². The van der Waals surface area contributed by atoms with Crippen LogP contribution in [0.25, 0.3) is 11.3 Å². The van der Waals surface area contributed by atoms with Crippen LogP contribution in [-0.2, 0) is 4.79 Å².